The van der Waals surface area contributed by atoms with Gasteiger partial charge in [-0.1, -0.05) is 50.2 Å². The molecule has 3 aromatic carbocycles. The number of ether oxygens (including phenoxy) is 1. The Hall–Kier alpha value is -3.60. The van der Waals surface area contributed by atoms with E-state index in [9.17, 15) is 18.4 Å². The minimum absolute atomic E-state index is 0.251. The average Bonchev–Trinajstić information content (AvgIpc) is 3.32. The second-order valence-electron chi connectivity index (χ2n) is 8.33. The number of carbonyl (C=O) groups is 2. The van der Waals surface area contributed by atoms with Crippen LogP contribution in [-0.2, 0) is 20.8 Å². The molecule has 0 saturated carbocycles. The van der Waals surface area contributed by atoms with Gasteiger partial charge in [-0.15, -0.1) is 11.3 Å². The number of hydrogen-bond donors (Lipinski definition) is 2. The van der Waals surface area contributed by atoms with Crippen molar-refractivity contribution >= 4 is 56.1 Å². The predicted octanol–water partition coefficient (Wildman–Crippen LogP) is 5.36. The molecule has 0 aliphatic rings. The highest BCUT2D eigenvalue weighted by Crippen LogP contribution is 2.28. The lowest BCUT2D eigenvalue weighted by atomic mass is 10.0. The van der Waals surface area contributed by atoms with Gasteiger partial charge in [-0.25, -0.2) is 14.0 Å². The Morgan fingerprint density at radius 3 is 2.17 bits per heavy atom. The fraction of sp³-hybridized carbons (Fsp3) is 0.192. The zero-order valence-corrected chi connectivity index (χ0v) is 21.5. The molecule has 36 heavy (non-hydrogen) atoms. The summed E-state index contributed by atoms with van der Waals surface area (Å²) in [5.41, 5.74) is 3.61. The third-order valence-electron chi connectivity index (χ3n) is 5.58. The van der Waals surface area contributed by atoms with Crippen LogP contribution in [0.1, 0.15) is 23.6 Å². The van der Waals surface area contributed by atoms with Gasteiger partial charge >= 0.3 is 5.97 Å². The second kappa shape index (κ2) is 11.0. The van der Waals surface area contributed by atoms with E-state index in [1.165, 1.54) is 18.4 Å². The second-order valence-corrected chi connectivity index (χ2v) is 10.2. The Morgan fingerprint density at radius 2 is 1.61 bits per heavy atom. The summed E-state index contributed by atoms with van der Waals surface area (Å²) in [6.07, 6.45) is 0. The molecule has 186 valence electrons. The summed E-state index contributed by atoms with van der Waals surface area (Å²) < 4.78 is 28.9. The van der Waals surface area contributed by atoms with Crippen LogP contribution in [0, 0.1) is 5.92 Å². The largest absolute Gasteiger partial charge is 0.467 e. The SMILES string of the molecule is COC(=O)C(C(C)C)N(c1ccc(-c2ccc(NC(=O)c3nc4ccccc4s3)cc2)cc1)S(=O)O. The molecule has 0 aliphatic heterocycles. The van der Waals surface area contributed by atoms with Crippen molar-refractivity contribution in [3.05, 3.63) is 77.8 Å². The zero-order valence-electron chi connectivity index (χ0n) is 19.9. The van der Waals surface area contributed by atoms with Crippen molar-refractivity contribution < 1.29 is 23.1 Å². The van der Waals surface area contributed by atoms with Crippen molar-refractivity contribution in [2.75, 3.05) is 16.7 Å². The van der Waals surface area contributed by atoms with E-state index < -0.39 is 23.3 Å². The maximum atomic E-state index is 12.6. The van der Waals surface area contributed by atoms with Crippen LogP contribution < -0.4 is 9.62 Å². The van der Waals surface area contributed by atoms with Crippen molar-refractivity contribution in [1.82, 2.24) is 4.98 Å². The maximum absolute atomic E-state index is 12.6. The Bertz CT molecular complexity index is 1370. The first-order chi connectivity index (χ1) is 17.3. The van der Waals surface area contributed by atoms with Gasteiger partial charge in [0, 0.05) is 5.69 Å². The molecule has 10 heteroatoms. The lowest BCUT2D eigenvalue weighted by Crippen LogP contribution is -2.46. The maximum Gasteiger partial charge on any atom is 0.329 e. The molecule has 1 aromatic heterocycles. The van der Waals surface area contributed by atoms with Crippen LogP contribution in [0.25, 0.3) is 21.3 Å². The van der Waals surface area contributed by atoms with Crippen molar-refractivity contribution in [2.45, 2.75) is 19.9 Å². The molecule has 2 unspecified atom stereocenters. The average molecular weight is 524 g/mol. The van der Waals surface area contributed by atoms with E-state index in [0.717, 1.165) is 25.6 Å². The number of nitrogens with one attached hydrogen (secondary N) is 1. The standard InChI is InChI=1S/C26H25N3O5S2/c1-16(2)23(26(31)34-3)29(36(32)33)20-14-10-18(11-15-20)17-8-12-19(13-9-17)27-24(30)25-28-21-6-4-5-7-22(21)35-25/h4-16,23H,1-3H3,(H,27,30)(H,32,33). The Balaban J connectivity index is 1.49. The van der Waals surface area contributed by atoms with E-state index in [0.29, 0.717) is 16.4 Å². The summed E-state index contributed by atoms with van der Waals surface area (Å²) in [4.78, 5) is 29.3. The first-order valence-corrected chi connectivity index (χ1v) is 13.0. The molecule has 0 bridgehead atoms. The Labute approximate surface area is 215 Å². The summed E-state index contributed by atoms with van der Waals surface area (Å²) in [5.74, 6) is -1.10. The number of para-hydroxylation sites is 1. The van der Waals surface area contributed by atoms with Gasteiger partial charge in [-0.2, -0.15) is 0 Å². The van der Waals surface area contributed by atoms with Crippen LogP contribution in [0.3, 0.4) is 0 Å². The van der Waals surface area contributed by atoms with Gasteiger partial charge in [-0.3, -0.25) is 13.7 Å². The number of methoxy groups -OCH3 is 1. The van der Waals surface area contributed by atoms with Crippen molar-refractivity contribution in [3.8, 4) is 11.1 Å². The topological polar surface area (TPSA) is 109 Å². The molecule has 2 atom stereocenters. The fourth-order valence-electron chi connectivity index (χ4n) is 3.81. The van der Waals surface area contributed by atoms with Crippen molar-refractivity contribution in [1.29, 1.82) is 0 Å². The van der Waals surface area contributed by atoms with Gasteiger partial charge in [-0.05, 0) is 53.4 Å². The van der Waals surface area contributed by atoms with E-state index in [2.05, 4.69) is 10.3 Å². The van der Waals surface area contributed by atoms with Crippen molar-refractivity contribution in [2.24, 2.45) is 5.92 Å². The van der Waals surface area contributed by atoms with Gasteiger partial charge in [0.2, 0.25) is 0 Å². The third-order valence-corrected chi connectivity index (χ3v) is 7.39. The van der Waals surface area contributed by atoms with Crippen LogP contribution in [-0.4, -0.2) is 38.8 Å². The summed E-state index contributed by atoms with van der Waals surface area (Å²) in [6.45, 7) is 3.57. The number of nitrogens with zero attached hydrogens (tertiary/aromatic N) is 2. The van der Waals surface area contributed by atoms with Crippen LogP contribution >= 0.6 is 11.3 Å². The van der Waals surface area contributed by atoms with E-state index in [-0.39, 0.29) is 11.8 Å². The molecular formula is C26H25N3O5S2. The third kappa shape index (κ3) is 5.46. The highest BCUT2D eigenvalue weighted by atomic mass is 32.2. The fourth-order valence-corrected chi connectivity index (χ4v) is 5.49. The number of fused-ring (bicyclic) bond motifs is 1. The number of aromatic nitrogens is 1. The van der Waals surface area contributed by atoms with E-state index in [1.807, 2.05) is 36.4 Å². The summed E-state index contributed by atoms with van der Waals surface area (Å²) in [5, 5.41) is 3.27. The Kier molecular flexibility index (Phi) is 7.78. The molecule has 0 saturated heterocycles. The van der Waals surface area contributed by atoms with Gasteiger partial charge in [0.1, 0.15) is 6.04 Å². The number of anilines is 2. The zero-order chi connectivity index (χ0) is 25.8. The van der Waals surface area contributed by atoms with Gasteiger partial charge in [0.15, 0.2) is 5.01 Å². The first-order valence-electron chi connectivity index (χ1n) is 11.1. The number of esters is 1. The Morgan fingerprint density at radius 1 is 1.00 bits per heavy atom. The molecule has 1 amide bonds. The highest BCUT2D eigenvalue weighted by molar-refractivity contribution is 7.80. The number of benzene rings is 3. The number of amides is 1. The van der Waals surface area contributed by atoms with Crippen LogP contribution in [0.5, 0.6) is 0 Å². The number of hydrogen-bond acceptors (Lipinski definition) is 6. The molecule has 0 spiro atoms. The number of thiazole rings is 1. The van der Waals surface area contributed by atoms with E-state index in [4.69, 9.17) is 4.74 Å². The predicted molar refractivity (Wildman–Crippen MR) is 143 cm³/mol. The lowest BCUT2D eigenvalue weighted by molar-refractivity contribution is -0.142. The lowest BCUT2D eigenvalue weighted by Gasteiger charge is -2.30. The monoisotopic (exact) mass is 523 g/mol. The smallest absolute Gasteiger partial charge is 0.329 e. The summed E-state index contributed by atoms with van der Waals surface area (Å²) in [7, 11) is 1.25. The minimum Gasteiger partial charge on any atom is -0.467 e. The minimum atomic E-state index is -2.42. The number of carbonyl (C=O) groups excluding carboxylic acids is 2. The summed E-state index contributed by atoms with van der Waals surface area (Å²) in [6, 6.07) is 21.0. The van der Waals surface area contributed by atoms with Crippen LogP contribution in [0.4, 0.5) is 11.4 Å². The van der Waals surface area contributed by atoms with E-state index in [1.54, 1.807) is 50.2 Å². The molecule has 0 fully saturated rings. The quantitative estimate of drug-likeness (QED) is 0.238. The van der Waals surface area contributed by atoms with E-state index >= 15 is 0 Å². The summed E-state index contributed by atoms with van der Waals surface area (Å²) >= 11 is -1.08. The van der Waals surface area contributed by atoms with Crippen LogP contribution in [0.15, 0.2) is 72.8 Å². The molecule has 4 aromatic rings. The molecular weight excluding hydrogens is 498 g/mol. The molecule has 4 rings (SSSR count). The van der Waals surface area contributed by atoms with Gasteiger partial charge in [0.05, 0.1) is 23.0 Å². The molecule has 2 N–H and O–H groups in total. The number of rotatable bonds is 8. The molecule has 0 radical (unpaired) electrons. The van der Waals surface area contributed by atoms with Crippen molar-refractivity contribution in [3.63, 3.8) is 0 Å². The van der Waals surface area contributed by atoms with Gasteiger partial charge in [0.25, 0.3) is 17.2 Å². The van der Waals surface area contributed by atoms with Gasteiger partial charge < -0.3 is 10.1 Å². The van der Waals surface area contributed by atoms with Crippen LogP contribution in [0.2, 0.25) is 0 Å². The first kappa shape index (κ1) is 25.5. The molecule has 8 nitrogen and oxygen atoms in total. The normalized spacial score (nSPS) is 12.8. The molecule has 1 heterocycles. The molecule has 0 aliphatic carbocycles. The highest BCUT2D eigenvalue weighted by Gasteiger charge is 2.33.